The van der Waals surface area contributed by atoms with Crippen LogP contribution in [0.3, 0.4) is 0 Å². The molecule has 1 saturated carbocycles. The average molecular weight is 192 g/mol. The number of carbonyl (C=O) groups excluding carboxylic acids is 1. The van der Waals surface area contributed by atoms with Gasteiger partial charge in [-0.15, -0.1) is 0 Å². The van der Waals surface area contributed by atoms with Gasteiger partial charge in [-0.25, -0.2) is 0 Å². The number of nitriles is 1. The number of hydrogen-bond acceptors (Lipinski definition) is 3. The third-order valence-corrected chi connectivity index (χ3v) is 3.68. The van der Waals surface area contributed by atoms with Crippen LogP contribution in [-0.2, 0) is 4.79 Å². The quantitative estimate of drug-likeness (QED) is 0.579. The van der Waals surface area contributed by atoms with Crippen molar-refractivity contribution in [3.05, 3.63) is 0 Å². The molecule has 0 spiro atoms. The minimum absolute atomic E-state index is 0.0736. The topological polar surface area (TPSA) is 44.1 Å². The molecule has 0 aromatic rings. The van der Waals surface area contributed by atoms with E-state index in [2.05, 4.69) is 11.0 Å². The predicted molar refractivity (Wildman–Crippen MR) is 52.5 cm³/mol. The van der Waals surface area contributed by atoms with E-state index in [4.69, 9.17) is 5.26 Å². The van der Waals surface area contributed by atoms with Crippen LogP contribution in [0.4, 0.5) is 0 Å². The normalized spacial score (nSPS) is 38.9. The largest absolute Gasteiger partial charge is 0.300 e. The number of carbonyl (C=O) groups is 1. The summed E-state index contributed by atoms with van der Waals surface area (Å²) < 4.78 is 0. The first-order chi connectivity index (χ1) is 6.70. The fraction of sp³-hybridized carbons (Fsp3) is 0.818. The highest BCUT2D eigenvalue weighted by molar-refractivity contribution is 5.79. The molecule has 3 heteroatoms. The van der Waals surface area contributed by atoms with Crippen molar-refractivity contribution in [3.8, 4) is 6.07 Å². The molecular weight excluding hydrogens is 176 g/mol. The van der Waals surface area contributed by atoms with Gasteiger partial charge in [-0.1, -0.05) is 0 Å². The van der Waals surface area contributed by atoms with Crippen molar-refractivity contribution in [1.82, 2.24) is 4.90 Å². The first-order valence-electron chi connectivity index (χ1n) is 5.32. The standard InChI is InChI=1S/C11H16N2O/c1-13-7-9-5-11(14)3-2-8(9)4-10(13)6-12/h8-10H,2-5,7H2,1H3/t8-,9+,10+/m1/s1. The highest BCUT2D eigenvalue weighted by Gasteiger charge is 2.37. The molecule has 76 valence electrons. The Morgan fingerprint density at radius 3 is 3.00 bits per heavy atom. The van der Waals surface area contributed by atoms with Crippen LogP contribution in [0.5, 0.6) is 0 Å². The molecule has 1 aliphatic heterocycles. The first-order valence-corrected chi connectivity index (χ1v) is 5.32. The Kier molecular flexibility index (Phi) is 2.56. The molecule has 1 saturated heterocycles. The summed E-state index contributed by atoms with van der Waals surface area (Å²) in [5.74, 6) is 1.55. The third-order valence-electron chi connectivity index (χ3n) is 3.68. The Morgan fingerprint density at radius 2 is 2.29 bits per heavy atom. The lowest BCUT2D eigenvalue weighted by atomic mass is 9.73. The summed E-state index contributed by atoms with van der Waals surface area (Å²) in [5.41, 5.74) is 0. The molecule has 14 heavy (non-hydrogen) atoms. The lowest BCUT2D eigenvalue weighted by Gasteiger charge is -2.41. The van der Waals surface area contributed by atoms with Gasteiger partial charge < -0.3 is 0 Å². The molecule has 1 heterocycles. The minimum atomic E-state index is 0.0736. The van der Waals surface area contributed by atoms with E-state index in [9.17, 15) is 4.79 Å². The summed E-state index contributed by atoms with van der Waals surface area (Å²) in [5, 5.41) is 8.95. The second-order valence-electron chi connectivity index (χ2n) is 4.62. The van der Waals surface area contributed by atoms with Gasteiger partial charge in [0, 0.05) is 19.4 Å². The van der Waals surface area contributed by atoms with E-state index in [-0.39, 0.29) is 6.04 Å². The summed E-state index contributed by atoms with van der Waals surface area (Å²) in [6.45, 7) is 0.925. The maximum atomic E-state index is 11.3. The van der Waals surface area contributed by atoms with E-state index >= 15 is 0 Å². The molecule has 3 atom stereocenters. The molecular formula is C11H16N2O. The molecule has 0 aromatic heterocycles. The fourth-order valence-corrected chi connectivity index (χ4v) is 2.78. The van der Waals surface area contributed by atoms with E-state index in [1.165, 1.54) is 0 Å². The highest BCUT2D eigenvalue weighted by Crippen LogP contribution is 2.36. The van der Waals surface area contributed by atoms with Crippen LogP contribution in [0.25, 0.3) is 0 Å². The summed E-state index contributed by atoms with van der Waals surface area (Å²) >= 11 is 0. The Hall–Kier alpha value is -0.880. The van der Waals surface area contributed by atoms with Crippen LogP contribution in [0, 0.1) is 23.2 Å². The SMILES string of the molecule is CN1C[C@@H]2CC(=O)CC[C@@H]2C[C@H]1C#N. The van der Waals surface area contributed by atoms with Crippen LogP contribution >= 0.6 is 0 Å². The molecule has 0 aromatic carbocycles. The van der Waals surface area contributed by atoms with Gasteiger partial charge in [0.05, 0.1) is 12.1 Å². The Balaban J connectivity index is 2.05. The van der Waals surface area contributed by atoms with Crippen molar-refractivity contribution >= 4 is 5.78 Å². The molecule has 2 fully saturated rings. The molecule has 0 amide bonds. The van der Waals surface area contributed by atoms with Gasteiger partial charge in [-0.2, -0.15) is 5.26 Å². The summed E-state index contributed by atoms with van der Waals surface area (Å²) in [6, 6.07) is 2.41. The molecule has 3 nitrogen and oxygen atoms in total. The van der Waals surface area contributed by atoms with Gasteiger partial charge in [0.15, 0.2) is 0 Å². The van der Waals surface area contributed by atoms with E-state index in [0.717, 1.165) is 32.2 Å². The lowest BCUT2D eigenvalue weighted by Crippen LogP contribution is -2.46. The summed E-state index contributed by atoms with van der Waals surface area (Å²) in [6.07, 6.45) is 3.46. The number of rotatable bonds is 0. The van der Waals surface area contributed by atoms with Crippen molar-refractivity contribution in [3.63, 3.8) is 0 Å². The zero-order valence-corrected chi connectivity index (χ0v) is 8.57. The molecule has 2 rings (SSSR count). The van der Waals surface area contributed by atoms with Gasteiger partial charge in [-0.05, 0) is 31.7 Å². The molecule has 0 bridgehead atoms. The summed E-state index contributed by atoms with van der Waals surface area (Å²) in [4.78, 5) is 13.4. The number of likely N-dealkylation sites (tertiary alicyclic amines) is 1. The smallest absolute Gasteiger partial charge is 0.133 e. The van der Waals surface area contributed by atoms with E-state index in [0.29, 0.717) is 17.6 Å². The molecule has 1 aliphatic carbocycles. The minimum Gasteiger partial charge on any atom is -0.300 e. The Bertz CT molecular complexity index is 282. The number of Topliss-reactive ketones (excluding diaryl/α,β-unsaturated/α-hetero) is 1. The summed E-state index contributed by atoms with van der Waals surface area (Å²) in [7, 11) is 1.99. The molecule has 2 aliphatic rings. The zero-order valence-electron chi connectivity index (χ0n) is 8.57. The molecule has 0 radical (unpaired) electrons. The Morgan fingerprint density at radius 1 is 1.50 bits per heavy atom. The van der Waals surface area contributed by atoms with Crippen LogP contribution < -0.4 is 0 Å². The molecule has 0 unspecified atom stereocenters. The van der Waals surface area contributed by atoms with Crippen molar-refractivity contribution < 1.29 is 4.79 Å². The van der Waals surface area contributed by atoms with Crippen LogP contribution in [0.15, 0.2) is 0 Å². The van der Waals surface area contributed by atoms with Crippen LogP contribution in [0.1, 0.15) is 25.7 Å². The van der Waals surface area contributed by atoms with Gasteiger partial charge in [0.1, 0.15) is 5.78 Å². The third kappa shape index (κ3) is 1.67. The van der Waals surface area contributed by atoms with Crippen molar-refractivity contribution in [2.45, 2.75) is 31.7 Å². The fourth-order valence-electron chi connectivity index (χ4n) is 2.78. The Labute approximate surface area is 84.7 Å². The van der Waals surface area contributed by atoms with Gasteiger partial charge in [0.25, 0.3) is 0 Å². The number of hydrogen-bond donors (Lipinski definition) is 0. The van der Waals surface area contributed by atoms with Crippen molar-refractivity contribution in [2.75, 3.05) is 13.6 Å². The number of ketones is 1. The maximum absolute atomic E-state index is 11.3. The average Bonchev–Trinajstić information content (AvgIpc) is 2.16. The van der Waals surface area contributed by atoms with Gasteiger partial charge >= 0.3 is 0 Å². The van der Waals surface area contributed by atoms with Gasteiger partial charge in [0.2, 0.25) is 0 Å². The predicted octanol–water partition coefficient (Wildman–Crippen LogP) is 1.20. The van der Waals surface area contributed by atoms with Crippen LogP contribution in [0.2, 0.25) is 0 Å². The van der Waals surface area contributed by atoms with Crippen molar-refractivity contribution in [2.24, 2.45) is 11.8 Å². The monoisotopic (exact) mass is 192 g/mol. The first kappa shape index (κ1) is 9.67. The lowest BCUT2D eigenvalue weighted by molar-refractivity contribution is -0.124. The number of piperidine rings is 1. The van der Waals surface area contributed by atoms with E-state index in [1.54, 1.807) is 0 Å². The maximum Gasteiger partial charge on any atom is 0.133 e. The number of nitrogens with zero attached hydrogens (tertiary/aromatic N) is 2. The molecule has 0 N–H and O–H groups in total. The second-order valence-corrected chi connectivity index (χ2v) is 4.62. The highest BCUT2D eigenvalue weighted by atomic mass is 16.1. The van der Waals surface area contributed by atoms with Crippen LogP contribution in [-0.4, -0.2) is 30.3 Å². The van der Waals surface area contributed by atoms with Gasteiger partial charge in [-0.3, -0.25) is 9.69 Å². The second kappa shape index (κ2) is 3.70. The zero-order chi connectivity index (χ0) is 10.1. The van der Waals surface area contributed by atoms with E-state index in [1.807, 2.05) is 7.05 Å². The van der Waals surface area contributed by atoms with Crippen molar-refractivity contribution in [1.29, 1.82) is 5.26 Å². The van der Waals surface area contributed by atoms with E-state index < -0.39 is 0 Å². The number of fused-ring (bicyclic) bond motifs is 1.